The summed E-state index contributed by atoms with van der Waals surface area (Å²) < 4.78 is 4.72. The second-order valence-corrected chi connectivity index (χ2v) is 3.80. The van der Waals surface area contributed by atoms with Gasteiger partial charge in [-0.05, 0) is 5.56 Å². The van der Waals surface area contributed by atoms with Gasteiger partial charge in [0.15, 0.2) is 0 Å². The van der Waals surface area contributed by atoms with Crippen molar-refractivity contribution in [3.63, 3.8) is 0 Å². The van der Waals surface area contributed by atoms with E-state index in [4.69, 9.17) is 16.3 Å². The molecule has 1 aromatic rings. The molecule has 0 radical (unpaired) electrons. The van der Waals surface area contributed by atoms with E-state index in [1.165, 1.54) is 7.11 Å². The second kappa shape index (κ2) is 6.30. The number of carbonyl (C=O) groups is 1. The number of hydrogen-bond acceptors (Lipinski definition) is 3. The summed E-state index contributed by atoms with van der Waals surface area (Å²) in [6.45, 7) is 3.91. The van der Waals surface area contributed by atoms with Gasteiger partial charge < -0.3 is 4.74 Å². The average molecular weight is 240 g/mol. The summed E-state index contributed by atoms with van der Waals surface area (Å²) in [4.78, 5) is 11.6. The molecule has 0 aliphatic carbocycles. The lowest BCUT2D eigenvalue weighted by molar-refractivity contribution is -0.143. The van der Waals surface area contributed by atoms with E-state index in [9.17, 15) is 4.79 Å². The molecule has 1 unspecified atom stereocenters. The third-order valence-corrected chi connectivity index (χ3v) is 2.20. The van der Waals surface area contributed by atoms with E-state index in [1.54, 1.807) is 0 Å². The zero-order valence-electron chi connectivity index (χ0n) is 9.07. The van der Waals surface area contributed by atoms with Gasteiger partial charge in [0, 0.05) is 11.6 Å². The first-order valence-corrected chi connectivity index (χ1v) is 5.22. The number of esters is 1. The van der Waals surface area contributed by atoms with Crippen molar-refractivity contribution in [3.8, 4) is 0 Å². The molecule has 0 aliphatic rings. The van der Waals surface area contributed by atoms with Crippen molar-refractivity contribution >= 4 is 17.6 Å². The van der Waals surface area contributed by atoms with Crippen molar-refractivity contribution in [1.82, 2.24) is 5.32 Å². The van der Waals surface area contributed by atoms with Crippen LogP contribution >= 0.6 is 11.6 Å². The van der Waals surface area contributed by atoms with Crippen molar-refractivity contribution in [2.24, 2.45) is 0 Å². The van der Waals surface area contributed by atoms with Gasteiger partial charge in [-0.2, -0.15) is 0 Å². The standard InChI is InChI=1S/C12H14ClNO2/c1-9(13)8-14-11(12(15)16-2)10-6-4-3-5-7-10/h3-7,11,14H,1,8H2,2H3. The van der Waals surface area contributed by atoms with E-state index in [0.717, 1.165) is 5.56 Å². The molecule has 0 aromatic heterocycles. The van der Waals surface area contributed by atoms with Crippen molar-refractivity contribution in [2.75, 3.05) is 13.7 Å². The Kier molecular flexibility index (Phi) is 5.02. The van der Waals surface area contributed by atoms with Crippen molar-refractivity contribution < 1.29 is 9.53 Å². The predicted molar refractivity (Wildman–Crippen MR) is 64.2 cm³/mol. The molecule has 0 spiro atoms. The molecule has 0 aliphatic heterocycles. The van der Waals surface area contributed by atoms with Gasteiger partial charge in [0.2, 0.25) is 0 Å². The molecular weight excluding hydrogens is 226 g/mol. The lowest BCUT2D eigenvalue weighted by Gasteiger charge is -2.16. The van der Waals surface area contributed by atoms with Crippen molar-refractivity contribution in [2.45, 2.75) is 6.04 Å². The molecule has 86 valence electrons. The van der Waals surface area contributed by atoms with Crippen LogP contribution in [0.3, 0.4) is 0 Å². The first-order chi connectivity index (χ1) is 7.65. The zero-order chi connectivity index (χ0) is 12.0. The predicted octanol–water partition coefficient (Wildman–Crippen LogP) is 2.24. The van der Waals surface area contributed by atoms with Gasteiger partial charge in [0.1, 0.15) is 6.04 Å². The Balaban J connectivity index is 2.79. The molecule has 0 bridgehead atoms. The first kappa shape index (κ1) is 12.7. The molecule has 0 amide bonds. The summed E-state index contributed by atoms with van der Waals surface area (Å²) in [6.07, 6.45) is 0. The Morgan fingerprint density at radius 3 is 2.62 bits per heavy atom. The van der Waals surface area contributed by atoms with Crippen LogP contribution in [0.2, 0.25) is 0 Å². The maximum absolute atomic E-state index is 11.6. The highest BCUT2D eigenvalue weighted by atomic mass is 35.5. The molecule has 1 N–H and O–H groups in total. The van der Waals surface area contributed by atoms with Crippen LogP contribution in [0.15, 0.2) is 41.9 Å². The van der Waals surface area contributed by atoms with Gasteiger partial charge in [-0.15, -0.1) is 0 Å². The number of benzene rings is 1. The largest absolute Gasteiger partial charge is 0.468 e. The Bertz CT molecular complexity index is 365. The SMILES string of the molecule is C=C(Cl)CNC(C(=O)OC)c1ccccc1. The lowest BCUT2D eigenvalue weighted by Crippen LogP contribution is -2.30. The molecule has 0 saturated carbocycles. The van der Waals surface area contributed by atoms with Crippen LogP contribution in [0.1, 0.15) is 11.6 Å². The number of ether oxygens (including phenoxy) is 1. The van der Waals surface area contributed by atoms with E-state index in [0.29, 0.717) is 11.6 Å². The minimum atomic E-state index is -0.512. The molecule has 0 fully saturated rings. The number of methoxy groups -OCH3 is 1. The highest BCUT2D eigenvalue weighted by molar-refractivity contribution is 6.29. The second-order valence-electron chi connectivity index (χ2n) is 3.27. The van der Waals surface area contributed by atoms with Crippen LogP contribution in [-0.2, 0) is 9.53 Å². The first-order valence-electron chi connectivity index (χ1n) is 4.84. The molecule has 0 saturated heterocycles. The maximum atomic E-state index is 11.6. The van der Waals surface area contributed by atoms with Crippen LogP contribution in [-0.4, -0.2) is 19.6 Å². The fraction of sp³-hybridized carbons (Fsp3) is 0.250. The summed E-state index contributed by atoms with van der Waals surface area (Å²) in [5, 5.41) is 3.43. The molecule has 3 nitrogen and oxygen atoms in total. The van der Waals surface area contributed by atoms with Gasteiger partial charge in [-0.25, -0.2) is 4.79 Å². The quantitative estimate of drug-likeness (QED) is 0.801. The molecular formula is C12H14ClNO2. The van der Waals surface area contributed by atoms with Gasteiger partial charge in [-0.1, -0.05) is 48.5 Å². The lowest BCUT2D eigenvalue weighted by atomic mass is 10.1. The van der Waals surface area contributed by atoms with E-state index >= 15 is 0 Å². The third-order valence-electron chi connectivity index (χ3n) is 2.07. The van der Waals surface area contributed by atoms with Crippen LogP contribution < -0.4 is 5.32 Å². The van der Waals surface area contributed by atoms with Gasteiger partial charge in [0.05, 0.1) is 7.11 Å². The van der Waals surface area contributed by atoms with Crippen molar-refractivity contribution in [1.29, 1.82) is 0 Å². The fourth-order valence-electron chi connectivity index (χ4n) is 1.31. The van der Waals surface area contributed by atoms with Gasteiger partial charge in [-0.3, -0.25) is 5.32 Å². The Hall–Kier alpha value is -1.32. The number of nitrogens with one attached hydrogen (secondary N) is 1. The molecule has 1 atom stereocenters. The molecule has 16 heavy (non-hydrogen) atoms. The van der Waals surface area contributed by atoms with E-state index < -0.39 is 6.04 Å². The topological polar surface area (TPSA) is 38.3 Å². The summed E-state index contributed by atoms with van der Waals surface area (Å²) in [5.74, 6) is -0.343. The average Bonchev–Trinajstić information content (AvgIpc) is 2.30. The van der Waals surface area contributed by atoms with E-state index in [2.05, 4.69) is 11.9 Å². The van der Waals surface area contributed by atoms with E-state index in [1.807, 2.05) is 30.3 Å². The smallest absolute Gasteiger partial charge is 0.327 e. The summed E-state index contributed by atoms with van der Waals surface area (Å²) in [7, 11) is 1.36. The molecule has 1 aromatic carbocycles. The van der Waals surface area contributed by atoms with E-state index in [-0.39, 0.29) is 5.97 Å². The summed E-state index contributed by atoms with van der Waals surface area (Å²) in [5.41, 5.74) is 0.840. The zero-order valence-corrected chi connectivity index (χ0v) is 9.83. The number of rotatable bonds is 5. The number of halogens is 1. The summed E-state index contributed by atoms with van der Waals surface area (Å²) >= 11 is 5.65. The monoisotopic (exact) mass is 239 g/mol. The van der Waals surface area contributed by atoms with Crippen molar-refractivity contribution in [3.05, 3.63) is 47.5 Å². The van der Waals surface area contributed by atoms with Crippen LogP contribution in [0.4, 0.5) is 0 Å². The molecule has 1 rings (SSSR count). The highest BCUT2D eigenvalue weighted by Crippen LogP contribution is 2.14. The molecule has 4 heteroatoms. The minimum Gasteiger partial charge on any atom is -0.468 e. The van der Waals surface area contributed by atoms with Crippen LogP contribution in [0.25, 0.3) is 0 Å². The number of carbonyl (C=O) groups excluding carboxylic acids is 1. The highest BCUT2D eigenvalue weighted by Gasteiger charge is 2.20. The molecule has 0 heterocycles. The number of hydrogen-bond donors (Lipinski definition) is 1. The Labute approximate surface area is 100 Å². The van der Waals surface area contributed by atoms with Gasteiger partial charge in [0.25, 0.3) is 0 Å². The minimum absolute atomic E-state index is 0.343. The Morgan fingerprint density at radius 2 is 2.12 bits per heavy atom. The fourth-order valence-corrected chi connectivity index (χ4v) is 1.39. The maximum Gasteiger partial charge on any atom is 0.327 e. The summed E-state index contributed by atoms with van der Waals surface area (Å²) in [6, 6.07) is 8.81. The van der Waals surface area contributed by atoms with Crippen LogP contribution in [0.5, 0.6) is 0 Å². The normalized spacial score (nSPS) is 11.9. The Morgan fingerprint density at radius 1 is 1.50 bits per heavy atom. The van der Waals surface area contributed by atoms with Crippen LogP contribution in [0, 0.1) is 0 Å². The third kappa shape index (κ3) is 3.68. The van der Waals surface area contributed by atoms with Gasteiger partial charge >= 0.3 is 5.97 Å².